The molecule has 0 aliphatic heterocycles. The number of unbranched alkanes of at least 4 members (excludes halogenated alkanes) is 3. The molecule has 0 aliphatic rings. The Labute approximate surface area is 205 Å². The highest BCUT2D eigenvalue weighted by atomic mass is 16.5. The molecule has 8 nitrogen and oxygen atoms in total. The van der Waals surface area contributed by atoms with Gasteiger partial charge in [-0.15, -0.1) is 0 Å². The van der Waals surface area contributed by atoms with Crippen molar-refractivity contribution in [3.05, 3.63) is 69.3 Å². The Morgan fingerprint density at radius 2 is 1.97 bits per heavy atom. The van der Waals surface area contributed by atoms with Crippen LogP contribution in [0.2, 0.25) is 0 Å². The third-order valence-electron chi connectivity index (χ3n) is 5.61. The molecule has 2 aromatic rings. The number of nitrogens with one attached hydrogen (secondary N) is 1. The van der Waals surface area contributed by atoms with Crippen LogP contribution in [0.4, 0.5) is 4.79 Å². The van der Waals surface area contributed by atoms with Crippen molar-refractivity contribution >= 4 is 18.0 Å². The highest BCUT2D eigenvalue weighted by Gasteiger charge is 2.22. The van der Waals surface area contributed by atoms with Crippen LogP contribution < -0.4 is 10.9 Å². The molecule has 35 heavy (non-hydrogen) atoms. The average molecular weight is 486 g/mol. The normalized spacial score (nSPS) is 12.6. The van der Waals surface area contributed by atoms with Gasteiger partial charge >= 0.3 is 11.7 Å². The van der Waals surface area contributed by atoms with Gasteiger partial charge in [0.05, 0.1) is 7.11 Å². The summed E-state index contributed by atoms with van der Waals surface area (Å²) in [5, 5.41) is 12.9. The third kappa shape index (κ3) is 8.63. The van der Waals surface area contributed by atoms with E-state index in [-0.39, 0.29) is 17.3 Å². The van der Waals surface area contributed by atoms with Gasteiger partial charge in [0.2, 0.25) is 0 Å². The molecular formula is C27H35NO7. The Balaban J connectivity index is 2.04. The van der Waals surface area contributed by atoms with E-state index in [0.29, 0.717) is 18.6 Å². The molecule has 0 radical (unpaired) electrons. The molecule has 0 aromatic carbocycles. The van der Waals surface area contributed by atoms with Crippen molar-refractivity contribution in [3.8, 4) is 5.75 Å². The van der Waals surface area contributed by atoms with Gasteiger partial charge in [-0.05, 0) is 44.4 Å². The van der Waals surface area contributed by atoms with Crippen LogP contribution >= 0.6 is 0 Å². The smallest absolute Gasteiger partial charge is 0.410 e. The van der Waals surface area contributed by atoms with Gasteiger partial charge in [-0.3, -0.25) is 10.1 Å². The average Bonchev–Trinajstić information content (AvgIpc) is 3.27. The first-order chi connectivity index (χ1) is 16.8. The predicted molar refractivity (Wildman–Crippen MR) is 134 cm³/mol. The summed E-state index contributed by atoms with van der Waals surface area (Å²) in [6, 6.07) is 4.98. The van der Waals surface area contributed by atoms with Crippen LogP contribution in [-0.2, 0) is 11.2 Å². The van der Waals surface area contributed by atoms with E-state index in [2.05, 4.69) is 17.0 Å². The summed E-state index contributed by atoms with van der Waals surface area (Å²) in [7, 11) is 1.27. The van der Waals surface area contributed by atoms with Gasteiger partial charge in [0.25, 0.3) is 0 Å². The number of amides is 1. The monoisotopic (exact) mass is 485 g/mol. The van der Waals surface area contributed by atoms with Gasteiger partial charge < -0.3 is 18.7 Å². The van der Waals surface area contributed by atoms with Crippen LogP contribution in [0, 0.1) is 0 Å². The van der Waals surface area contributed by atoms with E-state index in [1.54, 1.807) is 25.1 Å². The lowest BCUT2D eigenvalue weighted by molar-refractivity contribution is 0.102. The number of ketones is 1. The molecule has 0 spiro atoms. The van der Waals surface area contributed by atoms with Crippen molar-refractivity contribution in [3.63, 3.8) is 0 Å². The molecule has 0 saturated heterocycles. The van der Waals surface area contributed by atoms with Crippen molar-refractivity contribution in [2.45, 2.75) is 71.6 Å². The summed E-state index contributed by atoms with van der Waals surface area (Å²) in [6.07, 6.45) is 10.8. The Morgan fingerprint density at radius 3 is 2.66 bits per heavy atom. The summed E-state index contributed by atoms with van der Waals surface area (Å²) < 4.78 is 15.6. The lowest BCUT2D eigenvalue weighted by Crippen LogP contribution is -2.16. The number of hydrogen-bond acceptors (Lipinski definition) is 7. The van der Waals surface area contributed by atoms with Gasteiger partial charge in [0, 0.05) is 30.2 Å². The number of hydrogen-bond donors (Lipinski definition) is 2. The summed E-state index contributed by atoms with van der Waals surface area (Å²) in [6.45, 7) is 5.56. The zero-order valence-corrected chi connectivity index (χ0v) is 20.9. The number of aromatic hydroxyl groups is 1. The summed E-state index contributed by atoms with van der Waals surface area (Å²) in [5.41, 5.74) is -1.03. The number of furan rings is 1. The number of methoxy groups -OCH3 is 1. The highest BCUT2D eigenvalue weighted by molar-refractivity contribution is 6.11. The number of carbonyl (C=O) groups excluding carboxylic acids is 2. The first-order valence-corrected chi connectivity index (χ1v) is 11.9. The van der Waals surface area contributed by atoms with Crippen LogP contribution in [0.5, 0.6) is 5.75 Å². The van der Waals surface area contributed by atoms with E-state index >= 15 is 0 Å². The third-order valence-corrected chi connectivity index (χ3v) is 5.61. The van der Waals surface area contributed by atoms with Crippen LogP contribution in [-0.4, -0.2) is 24.1 Å². The lowest BCUT2D eigenvalue weighted by atomic mass is 10.00. The second-order valence-electron chi connectivity index (χ2n) is 8.48. The number of ether oxygens (including phenoxy) is 1. The van der Waals surface area contributed by atoms with E-state index in [9.17, 15) is 19.5 Å². The molecule has 1 amide bonds. The predicted octanol–water partition coefficient (Wildman–Crippen LogP) is 6.10. The molecule has 2 rings (SSSR count). The zero-order chi connectivity index (χ0) is 25.8. The quantitative estimate of drug-likeness (QED) is 0.200. The van der Waals surface area contributed by atoms with E-state index in [4.69, 9.17) is 8.83 Å². The minimum Gasteiger partial charge on any atom is -0.507 e. The Hall–Kier alpha value is -3.55. The molecule has 190 valence electrons. The second-order valence-corrected chi connectivity index (χ2v) is 8.48. The van der Waals surface area contributed by atoms with Crippen LogP contribution in [0.15, 0.2) is 49.7 Å². The van der Waals surface area contributed by atoms with Crippen LogP contribution in [0.25, 0.3) is 6.08 Å². The molecular weight excluding hydrogens is 450 g/mol. The second kappa shape index (κ2) is 14.0. The van der Waals surface area contributed by atoms with E-state index in [1.807, 2.05) is 13.0 Å². The zero-order valence-electron chi connectivity index (χ0n) is 20.9. The van der Waals surface area contributed by atoms with Crippen molar-refractivity contribution in [2.24, 2.45) is 0 Å². The van der Waals surface area contributed by atoms with Gasteiger partial charge in [-0.2, -0.15) is 0 Å². The Bertz CT molecular complexity index is 1110. The van der Waals surface area contributed by atoms with Crippen LogP contribution in [0.3, 0.4) is 0 Å². The molecule has 0 fully saturated rings. The fraction of sp³-hybridized carbons (Fsp3) is 0.444. The fourth-order valence-corrected chi connectivity index (χ4v) is 3.52. The number of carbonyl (C=O) groups is 2. The Kier molecular flexibility index (Phi) is 11.1. The van der Waals surface area contributed by atoms with Gasteiger partial charge in [-0.25, -0.2) is 9.59 Å². The molecule has 2 N–H and O–H groups in total. The molecule has 2 aromatic heterocycles. The maximum atomic E-state index is 12.9. The summed E-state index contributed by atoms with van der Waals surface area (Å²) >= 11 is 0. The fourth-order valence-electron chi connectivity index (χ4n) is 3.52. The maximum absolute atomic E-state index is 12.9. The molecule has 8 heteroatoms. The largest absolute Gasteiger partial charge is 0.507 e. The van der Waals surface area contributed by atoms with Crippen molar-refractivity contribution in [1.82, 2.24) is 5.32 Å². The topological polar surface area (TPSA) is 119 Å². The standard InChI is InChI=1S/C27H35NO7/c1-5-6-7-8-12-20-13-14-21(34-20)16-19(3)25(30)24-22(29)17-23(35-26(24)31)18(2)11-9-10-15-28-27(32)33-4/h10,13-18,29H,5-9,11-12H2,1-4H3,(H,28,32)/b15-10+,19-16+. The molecule has 0 aliphatic carbocycles. The minimum absolute atomic E-state index is 0.198. The summed E-state index contributed by atoms with van der Waals surface area (Å²) in [5.74, 6) is 0.414. The van der Waals surface area contributed by atoms with Gasteiger partial charge in [0.15, 0.2) is 5.78 Å². The van der Waals surface area contributed by atoms with E-state index in [1.165, 1.54) is 32.2 Å². The molecule has 1 atom stereocenters. The minimum atomic E-state index is -0.886. The number of allylic oxidation sites excluding steroid dienone is 2. The first kappa shape index (κ1) is 27.7. The van der Waals surface area contributed by atoms with Crippen molar-refractivity contribution < 1.29 is 28.3 Å². The number of aryl methyl sites for hydroxylation is 1. The van der Waals surface area contributed by atoms with Gasteiger partial charge in [0.1, 0.15) is 28.6 Å². The Morgan fingerprint density at radius 1 is 1.20 bits per heavy atom. The number of Topliss-reactive ketones (excluding diaryl/α,β-unsaturated/α-hetero) is 1. The van der Waals surface area contributed by atoms with E-state index < -0.39 is 28.8 Å². The van der Waals surface area contributed by atoms with E-state index in [0.717, 1.165) is 25.0 Å². The van der Waals surface area contributed by atoms with Crippen molar-refractivity contribution in [1.29, 1.82) is 0 Å². The SMILES string of the molecule is CCCCCCc1ccc(/C=C(\C)C(=O)c2c(O)cc(C(C)CC/C=C/NC(=O)OC)oc2=O)o1. The summed E-state index contributed by atoms with van der Waals surface area (Å²) in [4.78, 5) is 36.4. The molecule has 2 heterocycles. The van der Waals surface area contributed by atoms with Crippen LogP contribution in [0.1, 0.15) is 92.9 Å². The number of rotatable bonds is 13. The van der Waals surface area contributed by atoms with Gasteiger partial charge in [-0.1, -0.05) is 39.2 Å². The van der Waals surface area contributed by atoms with Crippen molar-refractivity contribution in [2.75, 3.05) is 7.11 Å². The molecule has 0 saturated carbocycles. The first-order valence-electron chi connectivity index (χ1n) is 11.9. The maximum Gasteiger partial charge on any atom is 0.410 e. The molecule has 0 bridgehead atoms. The highest BCUT2D eigenvalue weighted by Crippen LogP contribution is 2.26. The lowest BCUT2D eigenvalue weighted by Gasteiger charge is -2.11. The number of alkyl carbamates (subject to hydrolysis) is 1. The molecule has 1 unspecified atom stereocenters.